The number of rotatable bonds is 11. The van der Waals surface area contributed by atoms with Crippen LogP contribution in [0, 0.1) is 0 Å². The molecule has 0 bridgehead atoms. The highest BCUT2D eigenvalue weighted by molar-refractivity contribution is 9.10. The van der Waals surface area contributed by atoms with Crippen LogP contribution in [0.15, 0.2) is 94.4 Å². The van der Waals surface area contributed by atoms with Crippen molar-refractivity contribution in [3.8, 4) is 5.75 Å². The molecule has 2 atom stereocenters. The zero-order valence-corrected chi connectivity index (χ0v) is 23.1. The van der Waals surface area contributed by atoms with Gasteiger partial charge in [-0.3, -0.25) is 10.2 Å². The van der Waals surface area contributed by atoms with Gasteiger partial charge in [-0.2, -0.15) is 0 Å². The molecule has 0 saturated heterocycles. The van der Waals surface area contributed by atoms with Crippen LogP contribution in [0.25, 0.3) is 6.08 Å². The van der Waals surface area contributed by atoms with Crippen LogP contribution < -0.4 is 10.2 Å². The molecule has 3 aromatic carbocycles. The lowest BCUT2D eigenvalue weighted by Crippen LogP contribution is -2.52. The maximum absolute atomic E-state index is 13.8. The molecule has 0 aliphatic carbocycles. The number of halogens is 1. The van der Waals surface area contributed by atoms with E-state index < -0.39 is 11.6 Å². The Bertz CT molecular complexity index is 1260. The number of carbonyl (C=O) groups excluding carboxylic acids is 1. The lowest BCUT2D eigenvalue weighted by molar-refractivity contribution is -0.132. The van der Waals surface area contributed by atoms with Crippen molar-refractivity contribution >= 4 is 33.8 Å². The van der Waals surface area contributed by atoms with Crippen molar-refractivity contribution < 1.29 is 19.4 Å². The Morgan fingerprint density at radius 2 is 1.82 bits per heavy atom. The summed E-state index contributed by atoms with van der Waals surface area (Å²) in [7, 11) is 3.55. The van der Waals surface area contributed by atoms with Crippen LogP contribution >= 0.6 is 15.9 Å². The van der Waals surface area contributed by atoms with Gasteiger partial charge in [0.05, 0.1) is 6.61 Å². The number of hydrogen-bond donors (Lipinski definition) is 2. The van der Waals surface area contributed by atoms with E-state index in [9.17, 15) is 4.79 Å². The van der Waals surface area contributed by atoms with E-state index in [0.29, 0.717) is 31.1 Å². The van der Waals surface area contributed by atoms with Gasteiger partial charge in [0.25, 0.3) is 5.91 Å². The number of ether oxygens (including phenoxy) is 2. The van der Waals surface area contributed by atoms with E-state index in [0.717, 1.165) is 21.2 Å². The Morgan fingerprint density at radius 3 is 2.47 bits per heavy atom. The van der Waals surface area contributed by atoms with Gasteiger partial charge in [-0.1, -0.05) is 70.5 Å². The van der Waals surface area contributed by atoms with Gasteiger partial charge in [0.15, 0.2) is 11.6 Å². The van der Waals surface area contributed by atoms with E-state index in [-0.39, 0.29) is 12.5 Å². The second kappa shape index (κ2) is 12.9. The Balaban J connectivity index is 1.73. The number of hydrogen-bond acceptors (Lipinski definition) is 6. The molecule has 1 amide bonds. The minimum absolute atomic E-state index is 0.0794. The van der Waals surface area contributed by atoms with Crippen LogP contribution in [0.4, 0.5) is 0 Å². The van der Waals surface area contributed by atoms with E-state index in [1.165, 1.54) is 0 Å². The van der Waals surface area contributed by atoms with Crippen LogP contribution in [0.2, 0.25) is 0 Å². The highest BCUT2D eigenvalue weighted by atomic mass is 79.9. The van der Waals surface area contributed by atoms with Gasteiger partial charge >= 0.3 is 0 Å². The van der Waals surface area contributed by atoms with E-state index >= 15 is 0 Å². The summed E-state index contributed by atoms with van der Waals surface area (Å²) in [6.07, 6.45) is 4.21. The summed E-state index contributed by atoms with van der Waals surface area (Å²) in [4.78, 5) is 18.8. The van der Waals surface area contributed by atoms with Crippen molar-refractivity contribution in [1.82, 2.24) is 10.4 Å². The number of aliphatic hydroxyl groups is 1. The molecule has 198 valence electrons. The summed E-state index contributed by atoms with van der Waals surface area (Å²) in [6.45, 7) is 0.510. The first-order valence-electron chi connectivity index (χ1n) is 12.5. The van der Waals surface area contributed by atoms with Crippen molar-refractivity contribution in [2.45, 2.75) is 24.5 Å². The van der Waals surface area contributed by atoms with E-state index in [1.54, 1.807) is 19.1 Å². The first-order chi connectivity index (χ1) is 18.4. The fourth-order valence-corrected chi connectivity index (χ4v) is 4.46. The number of hydrazine groups is 1. The zero-order valence-electron chi connectivity index (χ0n) is 21.5. The molecule has 1 aliphatic heterocycles. The van der Waals surface area contributed by atoms with Crippen LogP contribution in [-0.2, 0) is 9.53 Å². The number of carbonyl (C=O) groups is 1. The van der Waals surface area contributed by atoms with Gasteiger partial charge in [-0.25, -0.2) is 10.0 Å². The monoisotopic (exact) mass is 577 g/mol. The normalized spacial score (nSPS) is 18.9. The van der Waals surface area contributed by atoms with Crippen molar-refractivity contribution in [3.05, 3.63) is 106 Å². The third-order valence-corrected chi connectivity index (χ3v) is 6.60. The summed E-state index contributed by atoms with van der Waals surface area (Å²) < 4.78 is 13.1. The first kappa shape index (κ1) is 27.6. The summed E-state index contributed by atoms with van der Waals surface area (Å²) in [5, 5.41) is 10.6. The molecule has 2 N–H and O–H groups in total. The minimum Gasteiger partial charge on any atom is -0.494 e. The summed E-state index contributed by atoms with van der Waals surface area (Å²) >= 11 is 3.50. The summed E-state index contributed by atoms with van der Waals surface area (Å²) in [5.41, 5.74) is 4.30. The van der Waals surface area contributed by atoms with Gasteiger partial charge in [-0.05, 0) is 47.5 Å². The Hall–Kier alpha value is -3.46. The molecule has 0 saturated carbocycles. The minimum atomic E-state index is -1.24. The number of aliphatic hydroxyl groups excluding tert-OH is 1. The predicted octanol–water partition coefficient (Wildman–Crippen LogP) is 5.16. The Labute approximate surface area is 231 Å². The Kier molecular flexibility index (Phi) is 9.33. The zero-order chi connectivity index (χ0) is 27.0. The molecule has 0 aromatic heterocycles. The molecule has 0 radical (unpaired) electrons. The molecule has 3 aromatic rings. The lowest BCUT2D eigenvalue weighted by Gasteiger charge is -2.31. The van der Waals surface area contributed by atoms with Gasteiger partial charge in [0.2, 0.25) is 5.90 Å². The quantitative estimate of drug-likeness (QED) is 0.243. The third kappa shape index (κ3) is 6.69. The average molecular weight is 579 g/mol. The molecule has 0 unspecified atom stereocenters. The van der Waals surface area contributed by atoms with Crippen LogP contribution in [-0.4, -0.2) is 54.8 Å². The highest BCUT2D eigenvalue weighted by Gasteiger charge is 2.52. The number of benzene rings is 3. The fraction of sp³-hybridized carbons (Fsp3) is 0.267. The lowest BCUT2D eigenvalue weighted by atomic mass is 9.84. The molecular formula is C30H32BrN3O4. The Morgan fingerprint density at radius 1 is 1.11 bits per heavy atom. The number of aliphatic imine (C=N–C) groups is 1. The maximum Gasteiger partial charge on any atom is 0.266 e. The summed E-state index contributed by atoms with van der Waals surface area (Å²) in [6, 6.07) is 25.1. The van der Waals surface area contributed by atoms with Gasteiger partial charge in [0.1, 0.15) is 5.75 Å². The second-order valence-electron chi connectivity index (χ2n) is 9.19. The molecule has 0 spiro atoms. The number of amides is 1. The molecule has 4 rings (SSSR count). The van der Waals surface area contributed by atoms with E-state index in [2.05, 4.69) is 21.4 Å². The van der Waals surface area contributed by atoms with Crippen molar-refractivity contribution in [2.24, 2.45) is 4.99 Å². The van der Waals surface area contributed by atoms with E-state index in [4.69, 9.17) is 19.6 Å². The van der Waals surface area contributed by atoms with Crippen molar-refractivity contribution in [3.63, 3.8) is 0 Å². The molecule has 1 heterocycles. The predicted molar refractivity (Wildman–Crippen MR) is 153 cm³/mol. The molecule has 8 heteroatoms. The molecule has 7 nitrogen and oxygen atoms in total. The topological polar surface area (TPSA) is 83.4 Å². The number of nitrogens with one attached hydrogen (secondary N) is 1. The SMILES string of the molecule is CN(C)NC(=O)[C@@]1(C/C=C/c2ccccc2)N=C(c2ccc(OCCCO)cc2)O[C@H]1c1ccc(Br)cc1. The fourth-order valence-electron chi connectivity index (χ4n) is 4.19. The molecule has 1 aliphatic rings. The largest absolute Gasteiger partial charge is 0.494 e. The average Bonchev–Trinajstić information content (AvgIpc) is 3.31. The third-order valence-electron chi connectivity index (χ3n) is 6.07. The van der Waals surface area contributed by atoms with Gasteiger partial charge < -0.3 is 14.6 Å². The second-order valence-corrected chi connectivity index (χ2v) is 10.1. The molecule has 0 fully saturated rings. The van der Waals surface area contributed by atoms with Gasteiger partial charge in [-0.15, -0.1) is 0 Å². The maximum atomic E-state index is 13.8. The first-order valence-corrected chi connectivity index (χ1v) is 13.3. The van der Waals surface area contributed by atoms with E-state index in [1.807, 2.05) is 91.0 Å². The van der Waals surface area contributed by atoms with Crippen LogP contribution in [0.3, 0.4) is 0 Å². The summed E-state index contributed by atoms with van der Waals surface area (Å²) in [5.74, 6) is 0.821. The smallest absolute Gasteiger partial charge is 0.266 e. The highest BCUT2D eigenvalue weighted by Crippen LogP contribution is 2.43. The van der Waals surface area contributed by atoms with Crippen LogP contribution in [0.1, 0.15) is 35.6 Å². The van der Waals surface area contributed by atoms with Crippen molar-refractivity contribution in [2.75, 3.05) is 27.3 Å². The number of nitrogens with zero attached hydrogens (tertiary/aromatic N) is 2. The molecular weight excluding hydrogens is 546 g/mol. The standard InChI is InChI=1S/C30H32BrN3O4/c1-34(2)33-29(36)30(19-6-10-22-8-4-3-5-9-22)27(23-11-15-25(31)16-12-23)38-28(32-30)24-13-17-26(18-14-24)37-21-7-20-35/h3-6,8-18,27,35H,7,19-21H2,1-2H3,(H,33,36)/b10-6+/t27-,30-/m0/s1. The van der Waals surface area contributed by atoms with Crippen LogP contribution in [0.5, 0.6) is 5.75 Å². The van der Waals surface area contributed by atoms with Crippen molar-refractivity contribution in [1.29, 1.82) is 0 Å². The van der Waals surface area contributed by atoms with Gasteiger partial charge in [0, 0.05) is 43.6 Å². The molecule has 38 heavy (non-hydrogen) atoms.